The van der Waals surface area contributed by atoms with Crippen molar-refractivity contribution in [1.82, 2.24) is 15.1 Å². The number of anilines is 1. The first-order chi connectivity index (χ1) is 17.4. The normalized spacial score (nSPS) is 16.7. The van der Waals surface area contributed by atoms with Gasteiger partial charge in [-0.2, -0.15) is 5.10 Å². The molecule has 0 unspecified atom stereocenters. The molecule has 2 amide bonds. The highest BCUT2D eigenvalue weighted by Crippen LogP contribution is 2.39. The number of amides is 2. The number of hydrogen-bond donors (Lipinski definition) is 2. The first-order valence-corrected chi connectivity index (χ1v) is 11.9. The lowest BCUT2D eigenvalue weighted by molar-refractivity contribution is -0.118. The van der Waals surface area contributed by atoms with Gasteiger partial charge in [0.2, 0.25) is 5.91 Å². The molecule has 0 saturated carbocycles. The van der Waals surface area contributed by atoms with Crippen LogP contribution in [-0.2, 0) is 18.4 Å². The number of nitrogens with zero attached hydrogens (tertiary/aromatic N) is 2. The molecule has 0 fully saturated rings. The maximum atomic E-state index is 13.2. The third-order valence-corrected chi connectivity index (χ3v) is 6.52. The van der Waals surface area contributed by atoms with Gasteiger partial charge in [-0.3, -0.25) is 14.3 Å². The topological polar surface area (TPSA) is 85.2 Å². The van der Waals surface area contributed by atoms with Crippen LogP contribution in [0.1, 0.15) is 44.2 Å². The molecule has 7 heteroatoms. The van der Waals surface area contributed by atoms with Crippen LogP contribution in [0.4, 0.5) is 5.82 Å². The monoisotopic (exact) mass is 480 g/mol. The summed E-state index contributed by atoms with van der Waals surface area (Å²) in [5, 5.41) is 10.4. The second-order valence-corrected chi connectivity index (χ2v) is 9.10. The van der Waals surface area contributed by atoms with Crippen molar-refractivity contribution in [2.24, 2.45) is 7.05 Å². The average Bonchev–Trinajstić information content (AvgIpc) is 3.17. The van der Waals surface area contributed by atoms with Crippen molar-refractivity contribution < 1.29 is 14.3 Å². The molecule has 2 atom stereocenters. The lowest BCUT2D eigenvalue weighted by Crippen LogP contribution is -2.50. The SMILES string of the molecule is Cc1ccc(COc2ccc([C@@H]3c4c(C)nn(C)c4NC(=O)[C@H]3NC(=O)c3ccccc3)cc2)cc1. The van der Waals surface area contributed by atoms with Gasteiger partial charge in [0.1, 0.15) is 24.2 Å². The summed E-state index contributed by atoms with van der Waals surface area (Å²) in [6.07, 6.45) is 0. The third-order valence-electron chi connectivity index (χ3n) is 6.52. The highest BCUT2D eigenvalue weighted by molar-refractivity contribution is 6.03. The number of rotatable bonds is 6. The van der Waals surface area contributed by atoms with E-state index in [0.29, 0.717) is 18.0 Å². The predicted molar refractivity (Wildman–Crippen MR) is 138 cm³/mol. The number of benzene rings is 3. The Morgan fingerprint density at radius 1 is 1.00 bits per heavy atom. The van der Waals surface area contributed by atoms with E-state index in [4.69, 9.17) is 4.74 Å². The van der Waals surface area contributed by atoms with Crippen molar-refractivity contribution in [3.8, 4) is 5.75 Å². The molecule has 5 rings (SSSR count). The molecule has 4 aromatic rings. The summed E-state index contributed by atoms with van der Waals surface area (Å²) in [6, 6.07) is 24.0. The number of ether oxygens (including phenoxy) is 1. The first-order valence-electron chi connectivity index (χ1n) is 11.9. The zero-order chi connectivity index (χ0) is 25.2. The minimum atomic E-state index is -0.799. The van der Waals surface area contributed by atoms with E-state index in [2.05, 4.69) is 46.9 Å². The van der Waals surface area contributed by atoms with Crippen LogP contribution >= 0.6 is 0 Å². The number of aromatic nitrogens is 2. The zero-order valence-electron chi connectivity index (χ0n) is 20.5. The van der Waals surface area contributed by atoms with Crippen molar-refractivity contribution in [2.75, 3.05) is 5.32 Å². The molecule has 1 aromatic heterocycles. The van der Waals surface area contributed by atoms with E-state index in [1.807, 2.05) is 37.3 Å². The lowest BCUT2D eigenvalue weighted by atomic mass is 9.82. The quantitative estimate of drug-likeness (QED) is 0.426. The van der Waals surface area contributed by atoms with Crippen LogP contribution in [-0.4, -0.2) is 27.6 Å². The van der Waals surface area contributed by atoms with E-state index < -0.39 is 12.0 Å². The predicted octanol–water partition coefficient (Wildman–Crippen LogP) is 4.50. The Balaban J connectivity index is 1.44. The second-order valence-electron chi connectivity index (χ2n) is 9.10. The van der Waals surface area contributed by atoms with E-state index >= 15 is 0 Å². The van der Waals surface area contributed by atoms with Crippen LogP contribution < -0.4 is 15.4 Å². The Morgan fingerprint density at radius 2 is 1.69 bits per heavy atom. The number of aryl methyl sites for hydroxylation is 3. The van der Waals surface area contributed by atoms with E-state index in [1.165, 1.54) is 5.56 Å². The summed E-state index contributed by atoms with van der Waals surface area (Å²) in [4.78, 5) is 26.2. The second kappa shape index (κ2) is 9.70. The molecule has 0 spiro atoms. The van der Waals surface area contributed by atoms with Crippen LogP contribution in [0.3, 0.4) is 0 Å². The molecule has 0 aliphatic carbocycles. The molecule has 0 saturated heterocycles. The van der Waals surface area contributed by atoms with Gasteiger partial charge in [0.05, 0.1) is 5.69 Å². The Morgan fingerprint density at radius 3 is 2.39 bits per heavy atom. The zero-order valence-corrected chi connectivity index (χ0v) is 20.5. The lowest BCUT2D eigenvalue weighted by Gasteiger charge is -2.32. The van der Waals surface area contributed by atoms with Crippen LogP contribution in [0.15, 0.2) is 78.9 Å². The Kier molecular flexibility index (Phi) is 6.29. The average molecular weight is 481 g/mol. The Hall–Kier alpha value is -4.39. The molecule has 1 aliphatic rings. The highest BCUT2D eigenvalue weighted by Gasteiger charge is 2.41. The third kappa shape index (κ3) is 4.60. The molecule has 3 aromatic carbocycles. The van der Waals surface area contributed by atoms with Gasteiger partial charge in [0.25, 0.3) is 5.91 Å². The molecule has 0 bridgehead atoms. The minimum Gasteiger partial charge on any atom is -0.489 e. The van der Waals surface area contributed by atoms with Gasteiger partial charge in [0.15, 0.2) is 0 Å². The van der Waals surface area contributed by atoms with Crippen molar-refractivity contribution in [3.05, 3.63) is 112 Å². The molecule has 2 N–H and O–H groups in total. The fourth-order valence-corrected chi connectivity index (χ4v) is 4.65. The molecular weight excluding hydrogens is 452 g/mol. The Labute approximate surface area is 210 Å². The summed E-state index contributed by atoms with van der Waals surface area (Å²) in [7, 11) is 1.80. The van der Waals surface area contributed by atoms with Gasteiger partial charge in [-0.25, -0.2) is 0 Å². The molecule has 182 valence electrons. The number of fused-ring (bicyclic) bond motifs is 1. The van der Waals surface area contributed by atoms with Crippen LogP contribution in [0.2, 0.25) is 0 Å². The van der Waals surface area contributed by atoms with Gasteiger partial charge in [-0.05, 0) is 49.2 Å². The van der Waals surface area contributed by atoms with Crippen molar-refractivity contribution in [1.29, 1.82) is 0 Å². The van der Waals surface area contributed by atoms with Crippen molar-refractivity contribution in [2.45, 2.75) is 32.4 Å². The number of nitrogens with one attached hydrogen (secondary N) is 2. The van der Waals surface area contributed by atoms with E-state index in [9.17, 15) is 9.59 Å². The van der Waals surface area contributed by atoms with Crippen LogP contribution in [0.5, 0.6) is 5.75 Å². The number of carbonyl (C=O) groups is 2. The first kappa shape index (κ1) is 23.4. The highest BCUT2D eigenvalue weighted by atomic mass is 16.5. The molecular formula is C29H28N4O3. The Bertz CT molecular complexity index is 1390. The standard InChI is InChI=1S/C29H28N4O3/c1-18-9-11-20(12-10-18)17-36-23-15-13-21(14-16-23)25-24-19(2)32-33(3)27(24)31-29(35)26(25)30-28(34)22-7-5-4-6-8-22/h4-16,25-26H,17H2,1-3H3,(H,30,34)(H,31,35)/t25-,26+/m1/s1. The van der Waals surface area contributed by atoms with Gasteiger partial charge in [-0.1, -0.05) is 60.2 Å². The van der Waals surface area contributed by atoms with Crippen molar-refractivity contribution >= 4 is 17.6 Å². The van der Waals surface area contributed by atoms with Crippen LogP contribution in [0.25, 0.3) is 0 Å². The molecule has 36 heavy (non-hydrogen) atoms. The van der Waals surface area contributed by atoms with Gasteiger partial charge in [-0.15, -0.1) is 0 Å². The van der Waals surface area contributed by atoms with E-state index in [0.717, 1.165) is 28.1 Å². The summed E-state index contributed by atoms with van der Waals surface area (Å²) in [5.41, 5.74) is 5.38. The van der Waals surface area contributed by atoms with Gasteiger partial charge >= 0.3 is 0 Å². The fraction of sp³-hybridized carbons (Fsp3) is 0.207. The van der Waals surface area contributed by atoms with Gasteiger partial charge in [0, 0.05) is 24.1 Å². The molecule has 2 heterocycles. The minimum absolute atomic E-state index is 0.278. The van der Waals surface area contributed by atoms with Gasteiger partial charge < -0.3 is 15.4 Å². The molecule has 7 nitrogen and oxygen atoms in total. The van der Waals surface area contributed by atoms with Crippen molar-refractivity contribution in [3.63, 3.8) is 0 Å². The van der Waals surface area contributed by atoms with Crippen LogP contribution in [0, 0.1) is 13.8 Å². The number of hydrogen-bond acceptors (Lipinski definition) is 4. The van der Waals surface area contributed by atoms with E-state index in [1.54, 1.807) is 36.0 Å². The summed E-state index contributed by atoms with van der Waals surface area (Å²) < 4.78 is 7.65. The maximum Gasteiger partial charge on any atom is 0.251 e. The number of carbonyl (C=O) groups excluding carboxylic acids is 2. The summed E-state index contributed by atoms with van der Waals surface area (Å²) >= 11 is 0. The molecule has 1 aliphatic heterocycles. The smallest absolute Gasteiger partial charge is 0.251 e. The maximum absolute atomic E-state index is 13.2. The van der Waals surface area contributed by atoms with E-state index in [-0.39, 0.29) is 11.8 Å². The fourth-order valence-electron chi connectivity index (χ4n) is 4.65. The largest absolute Gasteiger partial charge is 0.489 e. The summed E-state index contributed by atoms with van der Waals surface area (Å²) in [5.74, 6) is 0.393. The molecule has 0 radical (unpaired) electrons. The summed E-state index contributed by atoms with van der Waals surface area (Å²) in [6.45, 7) is 4.44.